The fourth-order valence-electron chi connectivity index (χ4n) is 2.30. The van der Waals surface area contributed by atoms with E-state index >= 15 is 0 Å². The fraction of sp³-hybridized carbons (Fsp3) is 0.118. The van der Waals surface area contributed by atoms with Crippen LogP contribution >= 0.6 is 0 Å². The monoisotopic (exact) mass is 346 g/mol. The molecule has 0 spiro atoms. The number of hydrazone groups is 1. The van der Waals surface area contributed by atoms with Gasteiger partial charge >= 0.3 is 6.18 Å². The minimum absolute atomic E-state index is 0.000441. The lowest BCUT2D eigenvalue weighted by Gasteiger charge is -2.06. The summed E-state index contributed by atoms with van der Waals surface area (Å²) in [5, 5.41) is 3.70. The molecule has 0 aliphatic carbocycles. The van der Waals surface area contributed by atoms with Gasteiger partial charge in [0.1, 0.15) is 6.54 Å². The van der Waals surface area contributed by atoms with Gasteiger partial charge in [-0.15, -0.1) is 0 Å². The third-order valence-electron chi connectivity index (χ3n) is 3.46. The number of amides is 1. The maximum atomic E-state index is 12.6. The molecule has 0 bridgehead atoms. The second-order valence-corrected chi connectivity index (χ2v) is 5.28. The molecule has 0 saturated carbocycles. The summed E-state index contributed by atoms with van der Waals surface area (Å²) >= 11 is 0. The number of benzene rings is 2. The Balaban J connectivity index is 1.63. The number of carbonyl (C=O) groups excluding carboxylic acids is 1. The van der Waals surface area contributed by atoms with Gasteiger partial charge in [-0.1, -0.05) is 24.3 Å². The van der Waals surface area contributed by atoms with Gasteiger partial charge < -0.3 is 4.57 Å². The average Bonchev–Trinajstić information content (AvgIpc) is 2.98. The molecular formula is C17H13F3N4O. The lowest BCUT2D eigenvalue weighted by molar-refractivity contribution is -0.137. The third-order valence-corrected chi connectivity index (χ3v) is 3.46. The third kappa shape index (κ3) is 4.03. The second kappa shape index (κ2) is 6.76. The summed E-state index contributed by atoms with van der Waals surface area (Å²) < 4.78 is 39.6. The molecule has 1 heterocycles. The first-order valence-electron chi connectivity index (χ1n) is 7.32. The van der Waals surface area contributed by atoms with Crippen molar-refractivity contribution in [1.29, 1.82) is 0 Å². The largest absolute Gasteiger partial charge is 0.416 e. The number of hydrogen-bond acceptors (Lipinski definition) is 3. The van der Waals surface area contributed by atoms with E-state index in [0.29, 0.717) is 0 Å². The Bertz CT molecular complexity index is 931. The number of alkyl halides is 3. The fourth-order valence-corrected chi connectivity index (χ4v) is 2.30. The molecule has 0 saturated heterocycles. The van der Waals surface area contributed by atoms with Crippen molar-refractivity contribution in [2.75, 3.05) is 0 Å². The van der Waals surface area contributed by atoms with Crippen LogP contribution in [0, 0.1) is 0 Å². The van der Waals surface area contributed by atoms with E-state index in [1.165, 1.54) is 18.3 Å². The standard InChI is InChI=1S/C17H13F3N4O/c18-17(19,20)13-5-3-4-12(8-13)9-22-23-16(25)10-24-11-21-14-6-1-2-7-15(14)24/h1-9,11H,10H2,(H,23,25)/b22-9+. The van der Waals surface area contributed by atoms with Crippen LogP contribution in [-0.4, -0.2) is 21.7 Å². The topological polar surface area (TPSA) is 59.3 Å². The lowest BCUT2D eigenvalue weighted by Crippen LogP contribution is -2.22. The molecule has 5 nitrogen and oxygen atoms in total. The van der Waals surface area contributed by atoms with E-state index in [0.717, 1.165) is 23.2 Å². The van der Waals surface area contributed by atoms with Crippen LogP contribution in [0.1, 0.15) is 11.1 Å². The van der Waals surface area contributed by atoms with Crippen LogP contribution in [0.2, 0.25) is 0 Å². The van der Waals surface area contributed by atoms with E-state index < -0.39 is 17.6 Å². The van der Waals surface area contributed by atoms with Gasteiger partial charge in [0.2, 0.25) is 0 Å². The molecule has 0 atom stereocenters. The van der Waals surface area contributed by atoms with E-state index in [9.17, 15) is 18.0 Å². The Kier molecular flexibility index (Phi) is 4.51. The zero-order valence-corrected chi connectivity index (χ0v) is 12.9. The zero-order chi connectivity index (χ0) is 17.9. The highest BCUT2D eigenvalue weighted by molar-refractivity contribution is 5.83. The summed E-state index contributed by atoms with van der Waals surface area (Å²) in [6.07, 6.45) is -1.71. The van der Waals surface area contributed by atoms with Crippen LogP contribution in [0.25, 0.3) is 11.0 Å². The lowest BCUT2D eigenvalue weighted by atomic mass is 10.1. The summed E-state index contributed by atoms with van der Waals surface area (Å²) in [4.78, 5) is 16.1. The van der Waals surface area contributed by atoms with Gasteiger partial charge in [0.05, 0.1) is 29.1 Å². The molecule has 1 amide bonds. The van der Waals surface area contributed by atoms with Crippen molar-refractivity contribution in [3.63, 3.8) is 0 Å². The maximum absolute atomic E-state index is 12.6. The van der Waals surface area contributed by atoms with Crippen LogP contribution in [0.15, 0.2) is 60.0 Å². The van der Waals surface area contributed by atoms with Gasteiger partial charge in [-0.3, -0.25) is 4.79 Å². The normalized spacial score (nSPS) is 12.0. The summed E-state index contributed by atoms with van der Waals surface area (Å²) in [5.74, 6) is -0.411. The average molecular weight is 346 g/mol. The van der Waals surface area contributed by atoms with E-state index in [1.54, 1.807) is 10.9 Å². The number of nitrogens with one attached hydrogen (secondary N) is 1. The first kappa shape index (κ1) is 16.7. The molecule has 2 aromatic carbocycles. The first-order valence-corrected chi connectivity index (χ1v) is 7.32. The predicted octanol–water partition coefficient (Wildman–Crippen LogP) is 3.21. The highest BCUT2D eigenvalue weighted by Crippen LogP contribution is 2.29. The quantitative estimate of drug-likeness (QED) is 0.583. The van der Waals surface area contributed by atoms with Crippen molar-refractivity contribution >= 4 is 23.2 Å². The molecule has 0 unspecified atom stereocenters. The molecule has 25 heavy (non-hydrogen) atoms. The van der Waals surface area contributed by atoms with Crippen molar-refractivity contribution < 1.29 is 18.0 Å². The Labute approximate surface area is 140 Å². The Morgan fingerprint density at radius 2 is 2.00 bits per heavy atom. The summed E-state index contributed by atoms with van der Waals surface area (Å²) in [5.41, 5.74) is 3.33. The Morgan fingerprint density at radius 3 is 2.80 bits per heavy atom. The predicted molar refractivity (Wildman–Crippen MR) is 86.9 cm³/mol. The number of imidazole rings is 1. The molecule has 0 fully saturated rings. The SMILES string of the molecule is O=C(Cn1cnc2ccccc21)N/N=C/c1cccc(C(F)(F)F)c1. The number of carbonyl (C=O) groups is 1. The van der Waals surface area contributed by atoms with Crippen molar-refractivity contribution in [2.24, 2.45) is 5.10 Å². The molecule has 3 rings (SSSR count). The number of rotatable bonds is 4. The molecule has 128 valence electrons. The van der Waals surface area contributed by atoms with Gasteiger partial charge in [0, 0.05) is 0 Å². The van der Waals surface area contributed by atoms with E-state index in [1.807, 2.05) is 24.3 Å². The maximum Gasteiger partial charge on any atom is 0.416 e. The Hall–Kier alpha value is -3.16. The molecular weight excluding hydrogens is 333 g/mol. The second-order valence-electron chi connectivity index (χ2n) is 5.28. The number of para-hydroxylation sites is 2. The van der Waals surface area contributed by atoms with Crippen molar-refractivity contribution in [2.45, 2.75) is 12.7 Å². The summed E-state index contributed by atoms with van der Waals surface area (Å²) in [6.45, 7) is 0.000441. The molecule has 0 radical (unpaired) electrons. The molecule has 0 aliphatic rings. The number of aromatic nitrogens is 2. The van der Waals surface area contributed by atoms with Crippen LogP contribution < -0.4 is 5.43 Å². The minimum Gasteiger partial charge on any atom is -0.321 e. The first-order chi connectivity index (χ1) is 11.9. The highest BCUT2D eigenvalue weighted by Gasteiger charge is 2.30. The van der Waals surface area contributed by atoms with E-state index in [2.05, 4.69) is 15.5 Å². The van der Waals surface area contributed by atoms with Gasteiger partial charge in [-0.25, -0.2) is 10.4 Å². The smallest absolute Gasteiger partial charge is 0.321 e. The molecule has 3 aromatic rings. The van der Waals surface area contributed by atoms with Gasteiger partial charge in [0.15, 0.2) is 0 Å². The van der Waals surface area contributed by atoms with Gasteiger partial charge in [0.25, 0.3) is 5.91 Å². The molecule has 0 aliphatic heterocycles. The van der Waals surface area contributed by atoms with Crippen molar-refractivity contribution in [1.82, 2.24) is 15.0 Å². The van der Waals surface area contributed by atoms with Crippen molar-refractivity contribution in [3.05, 3.63) is 66.0 Å². The molecule has 1 aromatic heterocycles. The molecule has 8 heteroatoms. The number of nitrogens with zero attached hydrogens (tertiary/aromatic N) is 3. The zero-order valence-electron chi connectivity index (χ0n) is 12.9. The van der Waals surface area contributed by atoms with Crippen molar-refractivity contribution in [3.8, 4) is 0 Å². The number of fused-ring (bicyclic) bond motifs is 1. The van der Waals surface area contributed by atoms with Crippen LogP contribution in [0.4, 0.5) is 13.2 Å². The minimum atomic E-state index is -4.42. The van der Waals surface area contributed by atoms with E-state index in [-0.39, 0.29) is 12.1 Å². The highest BCUT2D eigenvalue weighted by atomic mass is 19.4. The summed E-state index contributed by atoms with van der Waals surface area (Å²) in [7, 11) is 0. The Morgan fingerprint density at radius 1 is 1.20 bits per heavy atom. The summed E-state index contributed by atoms with van der Waals surface area (Å²) in [6, 6.07) is 12.0. The van der Waals surface area contributed by atoms with Crippen LogP contribution in [-0.2, 0) is 17.5 Å². The van der Waals surface area contributed by atoms with E-state index in [4.69, 9.17) is 0 Å². The number of hydrogen-bond donors (Lipinski definition) is 1. The van der Waals surface area contributed by atoms with Crippen LogP contribution in [0.5, 0.6) is 0 Å². The van der Waals surface area contributed by atoms with Crippen LogP contribution in [0.3, 0.4) is 0 Å². The van der Waals surface area contributed by atoms with Gasteiger partial charge in [-0.2, -0.15) is 18.3 Å². The molecule has 1 N–H and O–H groups in total. The number of halogens is 3. The van der Waals surface area contributed by atoms with Gasteiger partial charge in [-0.05, 0) is 29.8 Å².